The van der Waals surface area contributed by atoms with E-state index < -0.39 is 24.1 Å². The zero-order valence-electron chi connectivity index (χ0n) is 6.60. The zero-order chi connectivity index (χ0) is 9.14. The van der Waals surface area contributed by atoms with E-state index in [0.717, 1.165) is 0 Å². The number of rotatable bonds is 4. The van der Waals surface area contributed by atoms with Crippen LogP contribution in [0.3, 0.4) is 0 Å². The molecular weight excluding hydrogens is 200 g/mol. The van der Waals surface area contributed by atoms with E-state index in [1.165, 1.54) is 6.08 Å². The molecule has 2 unspecified atom stereocenters. The quantitative estimate of drug-likeness (QED) is 0.295. The lowest BCUT2D eigenvalue weighted by molar-refractivity contribution is -0.144. The van der Waals surface area contributed by atoms with Crippen molar-refractivity contribution in [2.24, 2.45) is 0 Å². The number of esters is 1. The lowest BCUT2D eigenvalue weighted by atomic mass is 10.3. The Hall–Kier alpha value is -1.07. The van der Waals surface area contributed by atoms with Gasteiger partial charge < -0.3 is 27.0 Å². The van der Waals surface area contributed by atoms with E-state index in [1.807, 2.05) is 0 Å². The first-order chi connectivity index (χ1) is 5.66. The number of epoxide rings is 1. The minimum Gasteiger partial charge on any atom is -1.00 e. The van der Waals surface area contributed by atoms with Crippen LogP contribution >= 0.6 is 0 Å². The second-order valence-corrected chi connectivity index (χ2v) is 2.23. The molecule has 1 saturated heterocycles. The van der Waals surface area contributed by atoms with Gasteiger partial charge in [-0.05, 0) is 0 Å². The van der Waals surface area contributed by atoms with E-state index in [9.17, 15) is 9.59 Å². The number of carbonyl (C=O) groups is 2. The van der Waals surface area contributed by atoms with E-state index in [4.69, 9.17) is 5.11 Å². The standard InChI is InChI=1S/C7H8O5.ClH/c1-2-3-11-7(10)5-4(12-5)6(8)9;/h2,4-5H,1,3H2,(H,8,9);1H/p-1. The van der Waals surface area contributed by atoms with Gasteiger partial charge in [-0.25, -0.2) is 9.59 Å². The van der Waals surface area contributed by atoms with Crippen molar-refractivity contribution in [2.75, 3.05) is 6.61 Å². The van der Waals surface area contributed by atoms with Crippen molar-refractivity contribution in [2.45, 2.75) is 12.2 Å². The molecule has 0 aromatic rings. The normalized spacial score (nSPS) is 24.0. The van der Waals surface area contributed by atoms with Crippen LogP contribution in [0, 0.1) is 0 Å². The third-order valence-corrected chi connectivity index (χ3v) is 1.31. The minimum absolute atomic E-state index is 0. The van der Waals surface area contributed by atoms with Crippen molar-refractivity contribution in [1.29, 1.82) is 0 Å². The Morgan fingerprint density at radius 1 is 1.54 bits per heavy atom. The summed E-state index contributed by atoms with van der Waals surface area (Å²) in [5.74, 6) is -1.79. The highest BCUT2D eigenvalue weighted by Crippen LogP contribution is 2.23. The van der Waals surface area contributed by atoms with Gasteiger partial charge in [-0.1, -0.05) is 12.7 Å². The van der Waals surface area contributed by atoms with E-state index in [1.54, 1.807) is 0 Å². The van der Waals surface area contributed by atoms with E-state index in [0.29, 0.717) is 0 Å². The molecule has 0 aliphatic carbocycles. The van der Waals surface area contributed by atoms with Crippen LogP contribution in [0.25, 0.3) is 0 Å². The zero-order valence-corrected chi connectivity index (χ0v) is 7.36. The summed E-state index contributed by atoms with van der Waals surface area (Å²) in [5, 5.41) is 8.35. The van der Waals surface area contributed by atoms with E-state index in [-0.39, 0.29) is 19.0 Å². The Morgan fingerprint density at radius 2 is 2.15 bits per heavy atom. The van der Waals surface area contributed by atoms with Crippen molar-refractivity contribution >= 4 is 11.9 Å². The Kier molecular flexibility index (Phi) is 4.44. The Morgan fingerprint density at radius 3 is 2.54 bits per heavy atom. The summed E-state index contributed by atoms with van der Waals surface area (Å²) in [6.07, 6.45) is -0.555. The highest BCUT2D eigenvalue weighted by Gasteiger charge is 2.51. The SMILES string of the molecule is C=CCOC(=O)C1OC1C(=O)O.[Cl-]. The van der Waals surface area contributed by atoms with Gasteiger partial charge >= 0.3 is 11.9 Å². The second-order valence-electron chi connectivity index (χ2n) is 2.23. The molecule has 0 bridgehead atoms. The minimum atomic E-state index is -1.14. The highest BCUT2D eigenvalue weighted by atomic mass is 35.5. The summed E-state index contributed by atoms with van der Waals surface area (Å²) in [7, 11) is 0. The lowest BCUT2D eigenvalue weighted by Crippen LogP contribution is -3.00. The largest absolute Gasteiger partial charge is 1.00 e. The van der Waals surface area contributed by atoms with Gasteiger partial charge in [0.05, 0.1) is 0 Å². The summed E-state index contributed by atoms with van der Waals surface area (Å²) >= 11 is 0. The molecule has 13 heavy (non-hydrogen) atoms. The van der Waals surface area contributed by atoms with Crippen LogP contribution in [-0.2, 0) is 19.1 Å². The van der Waals surface area contributed by atoms with E-state index >= 15 is 0 Å². The maximum absolute atomic E-state index is 10.8. The highest BCUT2D eigenvalue weighted by molar-refractivity contribution is 5.88. The third kappa shape index (κ3) is 3.04. The van der Waals surface area contributed by atoms with Crippen molar-refractivity contribution in [3.05, 3.63) is 12.7 Å². The number of hydrogen-bond donors (Lipinski definition) is 1. The number of aliphatic carboxylic acids is 1. The van der Waals surface area contributed by atoms with Crippen LogP contribution in [0.5, 0.6) is 0 Å². The second kappa shape index (κ2) is 4.84. The molecule has 5 nitrogen and oxygen atoms in total. The predicted octanol–water partition coefficient (Wildman–Crippen LogP) is -3.43. The van der Waals surface area contributed by atoms with Crippen LogP contribution in [0.1, 0.15) is 0 Å². The first-order valence-corrected chi connectivity index (χ1v) is 3.32. The number of carbonyl (C=O) groups excluding carboxylic acids is 1. The molecule has 0 aromatic carbocycles. The Balaban J connectivity index is 0.00000144. The molecule has 1 aliphatic heterocycles. The van der Waals surface area contributed by atoms with Gasteiger partial charge in [0.2, 0.25) is 0 Å². The number of hydrogen-bond acceptors (Lipinski definition) is 4. The smallest absolute Gasteiger partial charge is 0.339 e. The number of halogens is 1. The van der Waals surface area contributed by atoms with Gasteiger partial charge in [-0.3, -0.25) is 0 Å². The predicted molar refractivity (Wildman–Crippen MR) is 37.5 cm³/mol. The molecule has 0 spiro atoms. The molecule has 1 N–H and O–H groups in total. The molecule has 1 aliphatic rings. The van der Waals surface area contributed by atoms with Gasteiger partial charge in [0.25, 0.3) is 0 Å². The van der Waals surface area contributed by atoms with Crippen LogP contribution in [0.4, 0.5) is 0 Å². The lowest BCUT2D eigenvalue weighted by Gasteiger charge is -1.95. The monoisotopic (exact) mass is 207 g/mol. The average Bonchev–Trinajstić information content (AvgIpc) is 2.78. The van der Waals surface area contributed by atoms with Gasteiger partial charge in [0.1, 0.15) is 6.61 Å². The molecule has 0 aromatic heterocycles. The summed E-state index contributed by atoms with van der Waals surface area (Å²) in [4.78, 5) is 21.0. The van der Waals surface area contributed by atoms with Crippen LogP contribution in [0.15, 0.2) is 12.7 Å². The molecule has 1 heterocycles. The number of carboxylic acid groups (broad SMARTS) is 1. The van der Waals surface area contributed by atoms with Crippen molar-refractivity contribution in [3.63, 3.8) is 0 Å². The molecule has 0 radical (unpaired) electrons. The Bertz CT molecular complexity index is 227. The molecular formula is C7H8ClO5-. The fourth-order valence-electron chi connectivity index (χ4n) is 0.703. The average molecular weight is 208 g/mol. The fraction of sp³-hybridized carbons (Fsp3) is 0.429. The van der Waals surface area contributed by atoms with Gasteiger partial charge in [-0.15, -0.1) is 0 Å². The topological polar surface area (TPSA) is 76.1 Å². The molecule has 1 rings (SSSR count). The first kappa shape index (κ1) is 11.9. The molecule has 0 amide bonds. The van der Waals surface area contributed by atoms with Crippen LogP contribution in [-0.4, -0.2) is 35.9 Å². The van der Waals surface area contributed by atoms with Crippen molar-refractivity contribution < 1.29 is 36.6 Å². The number of carboxylic acids is 1. The fourth-order valence-corrected chi connectivity index (χ4v) is 0.703. The maximum Gasteiger partial charge on any atom is 0.339 e. The van der Waals surface area contributed by atoms with Crippen LogP contribution < -0.4 is 12.4 Å². The van der Waals surface area contributed by atoms with Gasteiger partial charge in [0, 0.05) is 0 Å². The van der Waals surface area contributed by atoms with Gasteiger partial charge in [0.15, 0.2) is 12.2 Å². The molecule has 0 saturated carbocycles. The molecule has 1 fully saturated rings. The third-order valence-electron chi connectivity index (χ3n) is 1.31. The molecule has 6 heteroatoms. The Labute approximate surface area is 80.7 Å². The molecule has 74 valence electrons. The van der Waals surface area contributed by atoms with Crippen molar-refractivity contribution in [1.82, 2.24) is 0 Å². The van der Waals surface area contributed by atoms with Crippen molar-refractivity contribution in [3.8, 4) is 0 Å². The van der Waals surface area contributed by atoms with E-state index in [2.05, 4.69) is 16.1 Å². The van der Waals surface area contributed by atoms with Crippen LogP contribution in [0.2, 0.25) is 0 Å². The summed E-state index contributed by atoms with van der Waals surface area (Å²) in [6.45, 7) is 3.41. The number of ether oxygens (including phenoxy) is 2. The van der Waals surface area contributed by atoms with Gasteiger partial charge in [-0.2, -0.15) is 0 Å². The maximum atomic E-state index is 10.8. The summed E-state index contributed by atoms with van der Waals surface area (Å²) < 4.78 is 9.08. The molecule has 2 atom stereocenters. The first-order valence-electron chi connectivity index (χ1n) is 3.32. The summed E-state index contributed by atoms with van der Waals surface area (Å²) in [5.41, 5.74) is 0. The summed E-state index contributed by atoms with van der Waals surface area (Å²) in [6, 6.07) is 0.